The second-order valence-corrected chi connectivity index (χ2v) is 8.69. The van der Waals surface area contributed by atoms with E-state index >= 15 is 0 Å². The van der Waals surface area contributed by atoms with Crippen molar-refractivity contribution in [2.45, 2.75) is 45.3 Å². The van der Waals surface area contributed by atoms with E-state index in [2.05, 4.69) is 0 Å². The van der Waals surface area contributed by atoms with Crippen LogP contribution in [0.15, 0.2) is 47.5 Å². The molecule has 1 aliphatic heterocycles. The summed E-state index contributed by atoms with van der Waals surface area (Å²) in [4.78, 5) is 26.9. The third-order valence-corrected chi connectivity index (χ3v) is 6.13. The summed E-state index contributed by atoms with van der Waals surface area (Å²) in [5, 5.41) is 0.434. The first-order valence-electron chi connectivity index (χ1n) is 10.4. The highest BCUT2D eigenvalue weighted by Crippen LogP contribution is 2.42. The van der Waals surface area contributed by atoms with Crippen molar-refractivity contribution in [1.82, 2.24) is 0 Å². The van der Waals surface area contributed by atoms with Gasteiger partial charge in [-0.25, -0.2) is 9.29 Å². The summed E-state index contributed by atoms with van der Waals surface area (Å²) in [6, 6.07) is 9.35. The molecule has 1 unspecified atom stereocenters. The molecule has 0 fully saturated rings. The third-order valence-electron chi connectivity index (χ3n) is 5.53. The van der Waals surface area contributed by atoms with Crippen molar-refractivity contribution in [3.8, 4) is 5.75 Å². The van der Waals surface area contributed by atoms with Crippen LogP contribution in [-0.4, -0.2) is 24.5 Å². The summed E-state index contributed by atoms with van der Waals surface area (Å²) >= 11 is 12.6. The van der Waals surface area contributed by atoms with Crippen LogP contribution in [0.4, 0.5) is 10.1 Å². The van der Waals surface area contributed by atoms with Crippen LogP contribution in [0.3, 0.4) is 0 Å². The number of halogens is 3. The van der Waals surface area contributed by atoms with E-state index in [4.69, 9.17) is 32.7 Å². The van der Waals surface area contributed by atoms with E-state index in [9.17, 15) is 14.0 Å². The van der Waals surface area contributed by atoms with Crippen LogP contribution < -0.4 is 9.64 Å². The molecule has 0 saturated carbocycles. The minimum Gasteiger partial charge on any atom is -0.487 e. The van der Waals surface area contributed by atoms with Crippen molar-refractivity contribution in [2.75, 3.05) is 11.5 Å². The summed E-state index contributed by atoms with van der Waals surface area (Å²) in [5.74, 6) is -0.719. The summed E-state index contributed by atoms with van der Waals surface area (Å²) in [5.41, 5.74) is 1.85. The molecule has 4 rings (SSSR count). The van der Waals surface area contributed by atoms with Gasteiger partial charge >= 0.3 is 0 Å². The first kappa shape index (κ1) is 22.8. The Hall–Kier alpha value is -2.41. The van der Waals surface area contributed by atoms with Gasteiger partial charge in [-0.3, -0.25) is 9.59 Å². The average molecular weight is 478 g/mol. The van der Waals surface area contributed by atoms with E-state index in [1.807, 2.05) is 0 Å². The van der Waals surface area contributed by atoms with Gasteiger partial charge in [0.1, 0.15) is 17.7 Å². The Balaban J connectivity index is 1.46. The predicted molar refractivity (Wildman–Crippen MR) is 121 cm³/mol. The monoisotopic (exact) mass is 477 g/mol. The molecule has 32 heavy (non-hydrogen) atoms. The minimum absolute atomic E-state index is 0.105. The van der Waals surface area contributed by atoms with Crippen LogP contribution in [0.2, 0.25) is 10.0 Å². The highest BCUT2D eigenvalue weighted by atomic mass is 35.5. The first-order valence-corrected chi connectivity index (χ1v) is 11.2. The number of hydrogen-bond donors (Lipinski definition) is 0. The zero-order valence-electron chi connectivity index (χ0n) is 17.5. The molecule has 0 aromatic heterocycles. The van der Waals surface area contributed by atoms with Gasteiger partial charge in [0.25, 0.3) is 11.8 Å². The van der Waals surface area contributed by atoms with Crippen LogP contribution in [0.25, 0.3) is 0 Å². The second kappa shape index (κ2) is 9.61. The number of amides is 2. The van der Waals surface area contributed by atoms with E-state index in [-0.39, 0.29) is 52.3 Å². The zero-order valence-corrected chi connectivity index (χ0v) is 19.0. The number of imide groups is 1. The molecule has 2 aromatic rings. The quantitative estimate of drug-likeness (QED) is 0.468. The molecule has 0 saturated heterocycles. The van der Waals surface area contributed by atoms with Crippen LogP contribution in [0, 0.1) is 5.82 Å². The first-order chi connectivity index (χ1) is 15.4. The SMILES string of the molecule is CC(COCc1ccccc1F)Oc1cc(N2C(=O)C3=C(CCCC3)C2=O)c(Cl)cc1Cl. The number of carbonyl (C=O) groups is 2. The number of anilines is 1. The molecule has 2 aliphatic rings. The van der Waals surface area contributed by atoms with Crippen LogP contribution in [0.5, 0.6) is 5.75 Å². The van der Waals surface area contributed by atoms with Crippen molar-refractivity contribution >= 4 is 40.7 Å². The largest absolute Gasteiger partial charge is 0.487 e. The maximum Gasteiger partial charge on any atom is 0.261 e. The molecular weight excluding hydrogens is 456 g/mol. The molecule has 8 heteroatoms. The summed E-state index contributed by atoms with van der Waals surface area (Å²) in [6.07, 6.45) is 2.55. The molecule has 5 nitrogen and oxygen atoms in total. The number of rotatable bonds is 7. The summed E-state index contributed by atoms with van der Waals surface area (Å²) in [6.45, 7) is 2.06. The van der Waals surface area contributed by atoms with Crippen molar-refractivity contribution < 1.29 is 23.5 Å². The normalized spacial score (nSPS) is 17.1. The molecule has 0 bridgehead atoms. The highest BCUT2D eigenvalue weighted by molar-refractivity contribution is 6.41. The van der Waals surface area contributed by atoms with E-state index < -0.39 is 6.10 Å². The molecule has 168 valence electrons. The summed E-state index contributed by atoms with van der Waals surface area (Å²) in [7, 11) is 0. The molecule has 0 radical (unpaired) electrons. The molecule has 0 N–H and O–H groups in total. The van der Waals surface area contributed by atoms with E-state index in [1.165, 1.54) is 18.2 Å². The van der Waals surface area contributed by atoms with Gasteiger partial charge in [-0.1, -0.05) is 41.4 Å². The molecule has 1 atom stereocenters. The van der Waals surface area contributed by atoms with Crippen molar-refractivity contribution in [3.63, 3.8) is 0 Å². The van der Waals surface area contributed by atoms with Gasteiger partial charge in [-0.05, 0) is 44.7 Å². The van der Waals surface area contributed by atoms with Gasteiger partial charge in [0.05, 0.1) is 28.9 Å². The predicted octanol–water partition coefficient (Wildman–Crippen LogP) is 5.86. The smallest absolute Gasteiger partial charge is 0.261 e. The topological polar surface area (TPSA) is 55.8 Å². The number of nitrogens with zero attached hydrogens (tertiary/aromatic N) is 1. The fraction of sp³-hybridized carbons (Fsp3) is 0.333. The Labute approximate surface area is 195 Å². The number of hydrogen-bond acceptors (Lipinski definition) is 4. The molecular formula is C24H22Cl2FNO4. The van der Waals surface area contributed by atoms with E-state index in [0.717, 1.165) is 17.7 Å². The van der Waals surface area contributed by atoms with E-state index in [1.54, 1.807) is 25.1 Å². The van der Waals surface area contributed by atoms with Crippen molar-refractivity contribution in [2.24, 2.45) is 0 Å². The fourth-order valence-electron chi connectivity index (χ4n) is 3.94. The Kier molecular flexibility index (Phi) is 6.84. The molecule has 1 aliphatic carbocycles. The Morgan fingerprint density at radius 3 is 2.34 bits per heavy atom. The number of ether oxygens (including phenoxy) is 2. The third kappa shape index (κ3) is 4.53. The lowest BCUT2D eigenvalue weighted by atomic mass is 9.93. The summed E-state index contributed by atoms with van der Waals surface area (Å²) < 4.78 is 25.2. The maximum atomic E-state index is 13.7. The van der Waals surface area contributed by atoms with Crippen LogP contribution in [-0.2, 0) is 20.9 Å². The lowest BCUT2D eigenvalue weighted by molar-refractivity contribution is -0.120. The van der Waals surface area contributed by atoms with Crippen LogP contribution >= 0.6 is 23.2 Å². The standard InChI is InChI=1S/C24H22Cl2FNO4/c1-14(12-31-13-15-6-2-5-9-20(15)27)32-22-11-21(18(25)10-19(22)26)28-23(29)16-7-3-4-8-17(16)24(28)30/h2,5-6,9-11,14H,3-4,7-8,12-13H2,1H3. The molecule has 2 aromatic carbocycles. The second-order valence-electron chi connectivity index (χ2n) is 7.88. The average Bonchev–Trinajstić information content (AvgIpc) is 3.02. The van der Waals surface area contributed by atoms with Gasteiger partial charge in [0, 0.05) is 22.8 Å². The van der Waals surface area contributed by atoms with Gasteiger partial charge in [-0.15, -0.1) is 0 Å². The number of benzene rings is 2. The Bertz CT molecular complexity index is 1070. The fourth-order valence-corrected chi connectivity index (χ4v) is 4.45. The van der Waals surface area contributed by atoms with Gasteiger partial charge in [0.15, 0.2) is 0 Å². The lowest BCUT2D eigenvalue weighted by Gasteiger charge is -2.21. The van der Waals surface area contributed by atoms with Gasteiger partial charge in [0.2, 0.25) is 0 Å². The lowest BCUT2D eigenvalue weighted by Crippen LogP contribution is -2.32. The highest BCUT2D eigenvalue weighted by Gasteiger charge is 2.40. The molecule has 0 spiro atoms. The van der Waals surface area contributed by atoms with Gasteiger partial charge < -0.3 is 9.47 Å². The van der Waals surface area contributed by atoms with Crippen molar-refractivity contribution in [3.05, 3.63) is 69.0 Å². The minimum atomic E-state index is -0.426. The Morgan fingerprint density at radius 1 is 1.03 bits per heavy atom. The van der Waals surface area contributed by atoms with Gasteiger partial charge in [-0.2, -0.15) is 0 Å². The number of carbonyl (C=O) groups excluding carboxylic acids is 2. The van der Waals surface area contributed by atoms with E-state index in [0.29, 0.717) is 29.6 Å². The van der Waals surface area contributed by atoms with Crippen LogP contribution in [0.1, 0.15) is 38.2 Å². The molecule has 1 heterocycles. The van der Waals surface area contributed by atoms with Crippen molar-refractivity contribution in [1.29, 1.82) is 0 Å². The molecule has 2 amide bonds. The Morgan fingerprint density at radius 2 is 1.69 bits per heavy atom. The zero-order chi connectivity index (χ0) is 22.8. The maximum absolute atomic E-state index is 13.7.